The molecule has 0 atom stereocenters. The molecule has 0 spiro atoms. The van der Waals surface area contributed by atoms with Crippen LogP contribution in [0.3, 0.4) is 0 Å². The number of amides is 1. The summed E-state index contributed by atoms with van der Waals surface area (Å²) < 4.78 is 23.6. The Kier molecular flexibility index (Phi) is 6.29. The Morgan fingerprint density at radius 1 is 1.13 bits per heavy atom. The van der Waals surface area contributed by atoms with E-state index < -0.39 is 0 Å². The molecule has 3 aromatic rings. The van der Waals surface area contributed by atoms with E-state index in [0.29, 0.717) is 55.6 Å². The third-order valence-corrected chi connectivity index (χ3v) is 4.76. The Hall–Kier alpha value is -3.33. The highest BCUT2D eigenvalue weighted by Crippen LogP contribution is 2.18. The molecule has 1 aliphatic heterocycles. The first-order chi connectivity index (χ1) is 14.7. The summed E-state index contributed by atoms with van der Waals surface area (Å²) in [7, 11) is 0. The lowest BCUT2D eigenvalue weighted by molar-refractivity contribution is -0.116. The summed E-state index contributed by atoms with van der Waals surface area (Å²) in [6, 6.07) is 9.62. The molecule has 1 N–H and O–H groups in total. The van der Waals surface area contributed by atoms with E-state index in [0.717, 1.165) is 18.8 Å². The van der Waals surface area contributed by atoms with Crippen molar-refractivity contribution in [3.05, 3.63) is 54.3 Å². The second kappa shape index (κ2) is 9.45. The van der Waals surface area contributed by atoms with Crippen LogP contribution in [-0.2, 0) is 16.0 Å². The Labute approximate surface area is 173 Å². The van der Waals surface area contributed by atoms with Crippen LogP contribution in [-0.4, -0.2) is 47.3 Å². The smallest absolute Gasteiger partial charge is 0.226 e. The largest absolute Gasteiger partial charge is 0.378 e. The molecule has 30 heavy (non-hydrogen) atoms. The maximum atomic E-state index is 13.0. The van der Waals surface area contributed by atoms with Gasteiger partial charge in [0.05, 0.1) is 25.1 Å². The molecule has 4 rings (SSSR count). The van der Waals surface area contributed by atoms with Crippen LogP contribution in [0.1, 0.15) is 18.7 Å². The van der Waals surface area contributed by atoms with Crippen LogP contribution in [0.5, 0.6) is 0 Å². The third-order valence-electron chi connectivity index (χ3n) is 4.76. The number of benzene rings is 1. The number of hydrogen-bond acceptors (Lipinski definition) is 7. The summed E-state index contributed by atoms with van der Waals surface area (Å²) >= 11 is 0. The maximum absolute atomic E-state index is 13.0. The van der Waals surface area contributed by atoms with Crippen molar-refractivity contribution in [2.75, 3.05) is 36.5 Å². The minimum Gasteiger partial charge on any atom is -0.378 e. The minimum atomic E-state index is -0.321. The van der Waals surface area contributed by atoms with Crippen molar-refractivity contribution >= 4 is 17.4 Å². The van der Waals surface area contributed by atoms with Crippen molar-refractivity contribution in [3.8, 4) is 11.4 Å². The first-order valence-corrected chi connectivity index (χ1v) is 9.84. The normalized spacial score (nSPS) is 14.0. The Morgan fingerprint density at radius 3 is 2.67 bits per heavy atom. The predicted octanol–water partition coefficient (Wildman–Crippen LogP) is 3.07. The van der Waals surface area contributed by atoms with Gasteiger partial charge in [0, 0.05) is 31.5 Å². The van der Waals surface area contributed by atoms with Crippen molar-refractivity contribution in [1.29, 1.82) is 0 Å². The van der Waals surface area contributed by atoms with E-state index in [4.69, 9.17) is 9.26 Å². The van der Waals surface area contributed by atoms with Gasteiger partial charge >= 0.3 is 0 Å². The van der Waals surface area contributed by atoms with E-state index in [2.05, 4.69) is 25.3 Å². The van der Waals surface area contributed by atoms with Gasteiger partial charge in [-0.05, 0) is 42.8 Å². The molecule has 1 saturated heterocycles. The molecule has 2 aromatic heterocycles. The molecule has 8 nitrogen and oxygen atoms in total. The molecule has 3 heterocycles. The number of halogens is 1. The van der Waals surface area contributed by atoms with Crippen LogP contribution >= 0.6 is 0 Å². The molecule has 0 bridgehead atoms. The van der Waals surface area contributed by atoms with Gasteiger partial charge in [-0.3, -0.25) is 4.79 Å². The van der Waals surface area contributed by atoms with Crippen LogP contribution in [0.15, 0.2) is 47.1 Å². The quantitative estimate of drug-likeness (QED) is 0.639. The molecule has 1 amide bonds. The molecule has 156 valence electrons. The van der Waals surface area contributed by atoms with E-state index in [1.54, 1.807) is 24.4 Å². The number of carbonyl (C=O) groups excluding carboxylic acids is 1. The lowest BCUT2D eigenvalue weighted by Gasteiger charge is -2.28. The lowest BCUT2D eigenvalue weighted by Crippen LogP contribution is -2.36. The number of rotatable bonds is 7. The second-order valence-corrected chi connectivity index (χ2v) is 6.92. The van der Waals surface area contributed by atoms with Gasteiger partial charge in [0.2, 0.25) is 17.6 Å². The van der Waals surface area contributed by atoms with Gasteiger partial charge in [-0.1, -0.05) is 5.16 Å². The third kappa shape index (κ3) is 5.18. The standard InChI is InChI=1S/C21H22FN5O3/c22-16-6-4-15(5-7-16)21-25-20(30-26-21)3-1-2-19(28)24-18-9-8-17(14-23-18)27-10-12-29-13-11-27/h4-9,14H,1-3,10-13H2,(H,23,24,28). The monoisotopic (exact) mass is 411 g/mol. The number of ether oxygens (including phenoxy) is 1. The number of morpholine rings is 1. The minimum absolute atomic E-state index is 0.125. The summed E-state index contributed by atoms with van der Waals surface area (Å²) in [5.41, 5.74) is 1.69. The topological polar surface area (TPSA) is 93.4 Å². The molecular weight excluding hydrogens is 389 g/mol. The van der Waals surface area contributed by atoms with Gasteiger partial charge in [0.25, 0.3) is 0 Å². The van der Waals surface area contributed by atoms with Gasteiger partial charge in [0.1, 0.15) is 11.6 Å². The van der Waals surface area contributed by atoms with Crippen LogP contribution in [0.4, 0.5) is 15.9 Å². The molecule has 1 aromatic carbocycles. The number of pyridine rings is 1. The number of carbonyl (C=O) groups is 1. The zero-order valence-corrected chi connectivity index (χ0v) is 16.4. The fraction of sp³-hybridized carbons (Fsp3) is 0.333. The van der Waals surface area contributed by atoms with Crippen LogP contribution in [0, 0.1) is 5.82 Å². The van der Waals surface area contributed by atoms with E-state index in [1.165, 1.54) is 12.1 Å². The lowest BCUT2D eigenvalue weighted by atomic mass is 10.2. The van der Waals surface area contributed by atoms with Gasteiger partial charge in [-0.2, -0.15) is 4.98 Å². The highest BCUT2D eigenvalue weighted by molar-refractivity contribution is 5.89. The molecule has 1 aliphatic rings. The van der Waals surface area contributed by atoms with Crippen molar-refractivity contribution in [2.24, 2.45) is 0 Å². The Morgan fingerprint density at radius 2 is 1.93 bits per heavy atom. The van der Waals surface area contributed by atoms with E-state index >= 15 is 0 Å². The molecule has 0 saturated carbocycles. The predicted molar refractivity (Wildman–Crippen MR) is 109 cm³/mol. The molecular formula is C21H22FN5O3. The first kappa shape index (κ1) is 20.0. The summed E-state index contributed by atoms with van der Waals surface area (Å²) in [5, 5.41) is 6.70. The van der Waals surface area contributed by atoms with Crippen molar-refractivity contribution < 1.29 is 18.4 Å². The van der Waals surface area contributed by atoms with Gasteiger partial charge in [-0.15, -0.1) is 0 Å². The summed E-state index contributed by atoms with van der Waals surface area (Å²) in [6.07, 6.45) is 3.10. The Balaban J connectivity index is 1.23. The van der Waals surface area contributed by atoms with Gasteiger partial charge in [0.15, 0.2) is 0 Å². The number of anilines is 2. The molecule has 0 aliphatic carbocycles. The Bertz CT molecular complexity index is 969. The average molecular weight is 411 g/mol. The first-order valence-electron chi connectivity index (χ1n) is 9.84. The average Bonchev–Trinajstić information content (AvgIpc) is 3.24. The van der Waals surface area contributed by atoms with Crippen molar-refractivity contribution in [3.63, 3.8) is 0 Å². The van der Waals surface area contributed by atoms with Crippen molar-refractivity contribution in [1.82, 2.24) is 15.1 Å². The maximum Gasteiger partial charge on any atom is 0.226 e. The number of nitrogens with zero attached hydrogens (tertiary/aromatic N) is 4. The summed E-state index contributed by atoms with van der Waals surface area (Å²) in [4.78, 5) is 23.0. The molecule has 9 heteroatoms. The number of aromatic nitrogens is 3. The van der Waals surface area contributed by atoms with Crippen LogP contribution in [0.25, 0.3) is 11.4 Å². The zero-order chi connectivity index (χ0) is 20.8. The van der Waals surface area contributed by atoms with E-state index in [-0.39, 0.29) is 11.7 Å². The highest BCUT2D eigenvalue weighted by atomic mass is 19.1. The number of aryl methyl sites for hydroxylation is 1. The van der Waals surface area contributed by atoms with Crippen LogP contribution < -0.4 is 10.2 Å². The molecule has 0 unspecified atom stereocenters. The zero-order valence-electron chi connectivity index (χ0n) is 16.4. The van der Waals surface area contributed by atoms with Gasteiger partial charge < -0.3 is 19.5 Å². The highest BCUT2D eigenvalue weighted by Gasteiger charge is 2.13. The van der Waals surface area contributed by atoms with Crippen LogP contribution in [0.2, 0.25) is 0 Å². The molecule has 1 fully saturated rings. The van der Waals surface area contributed by atoms with Crippen molar-refractivity contribution in [2.45, 2.75) is 19.3 Å². The fourth-order valence-electron chi connectivity index (χ4n) is 3.15. The van der Waals surface area contributed by atoms with Gasteiger partial charge in [-0.25, -0.2) is 9.37 Å². The number of hydrogen-bond donors (Lipinski definition) is 1. The SMILES string of the molecule is O=C(CCCc1nc(-c2ccc(F)cc2)no1)Nc1ccc(N2CCOCC2)cn1. The van der Waals surface area contributed by atoms with E-state index in [1.807, 2.05) is 6.07 Å². The summed E-state index contributed by atoms with van der Waals surface area (Å²) in [6.45, 7) is 3.10. The molecule has 0 radical (unpaired) electrons. The second-order valence-electron chi connectivity index (χ2n) is 6.92. The van der Waals surface area contributed by atoms with E-state index in [9.17, 15) is 9.18 Å². The fourth-order valence-corrected chi connectivity index (χ4v) is 3.15. The number of nitrogens with one attached hydrogen (secondary N) is 1. The summed E-state index contributed by atoms with van der Waals surface area (Å²) in [5.74, 6) is 0.918.